The van der Waals surface area contributed by atoms with Crippen LogP contribution in [0.1, 0.15) is 11.1 Å². The summed E-state index contributed by atoms with van der Waals surface area (Å²) in [6.07, 6.45) is 4.03. The SMILES string of the molecule is Cc1ccc(C=CC=O)cc1Br. The number of aryl methyl sites for hydroxylation is 1. The van der Waals surface area contributed by atoms with Gasteiger partial charge in [0.1, 0.15) is 6.29 Å². The topological polar surface area (TPSA) is 17.1 Å². The Hall–Kier alpha value is -0.890. The molecule has 0 unspecified atom stereocenters. The van der Waals surface area contributed by atoms with Gasteiger partial charge < -0.3 is 0 Å². The standard InChI is InChI=1S/C10H9BrO/c1-8-4-5-9(3-2-6-12)7-10(8)11/h2-7H,1H3. The Morgan fingerprint density at radius 1 is 1.42 bits per heavy atom. The van der Waals surface area contributed by atoms with E-state index >= 15 is 0 Å². The van der Waals surface area contributed by atoms with Gasteiger partial charge in [-0.15, -0.1) is 0 Å². The first-order valence-electron chi connectivity index (χ1n) is 3.62. The number of allylic oxidation sites excluding steroid dienone is 1. The van der Waals surface area contributed by atoms with E-state index in [-0.39, 0.29) is 0 Å². The van der Waals surface area contributed by atoms with E-state index in [1.54, 1.807) is 6.08 Å². The predicted octanol–water partition coefficient (Wildman–Crippen LogP) is 2.97. The number of carbonyl (C=O) groups is 1. The second-order valence-electron chi connectivity index (χ2n) is 2.50. The lowest BCUT2D eigenvalue weighted by molar-refractivity contribution is -0.104. The summed E-state index contributed by atoms with van der Waals surface area (Å²) in [6, 6.07) is 5.96. The quantitative estimate of drug-likeness (QED) is 0.558. The number of hydrogen-bond donors (Lipinski definition) is 0. The zero-order valence-electron chi connectivity index (χ0n) is 6.75. The van der Waals surface area contributed by atoms with Gasteiger partial charge >= 0.3 is 0 Å². The monoisotopic (exact) mass is 224 g/mol. The van der Waals surface area contributed by atoms with Crippen LogP contribution in [0.15, 0.2) is 28.7 Å². The van der Waals surface area contributed by atoms with Crippen molar-refractivity contribution >= 4 is 28.3 Å². The third-order valence-electron chi connectivity index (χ3n) is 1.56. The van der Waals surface area contributed by atoms with Gasteiger partial charge in [-0.2, -0.15) is 0 Å². The van der Waals surface area contributed by atoms with Crippen LogP contribution >= 0.6 is 15.9 Å². The second-order valence-corrected chi connectivity index (χ2v) is 3.36. The van der Waals surface area contributed by atoms with Gasteiger partial charge in [0.2, 0.25) is 0 Å². The average molecular weight is 225 g/mol. The van der Waals surface area contributed by atoms with Gasteiger partial charge in [-0.3, -0.25) is 4.79 Å². The summed E-state index contributed by atoms with van der Waals surface area (Å²) in [5.41, 5.74) is 2.22. The van der Waals surface area contributed by atoms with E-state index in [9.17, 15) is 4.79 Å². The molecule has 62 valence electrons. The molecule has 0 aliphatic carbocycles. The molecular formula is C10H9BrO. The number of aldehydes is 1. The van der Waals surface area contributed by atoms with E-state index in [0.29, 0.717) is 0 Å². The van der Waals surface area contributed by atoms with Crippen molar-refractivity contribution in [2.24, 2.45) is 0 Å². The first kappa shape index (κ1) is 9.20. The van der Waals surface area contributed by atoms with Crippen molar-refractivity contribution in [2.45, 2.75) is 6.92 Å². The lowest BCUT2D eigenvalue weighted by Gasteiger charge is -1.98. The fourth-order valence-corrected chi connectivity index (χ4v) is 1.26. The third-order valence-corrected chi connectivity index (χ3v) is 2.42. The fourth-order valence-electron chi connectivity index (χ4n) is 0.863. The highest BCUT2D eigenvalue weighted by Crippen LogP contribution is 2.17. The Balaban J connectivity index is 2.96. The number of hydrogen-bond acceptors (Lipinski definition) is 1. The molecule has 1 rings (SSSR count). The number of benzene rings is 1. The minimum absolute atomic E-state index is 0.772. The molecule has 0 N–H and O–H groups in total. The molecule has 0 aromatic heterocycles. The lowest BCUT2D eigenvalue weighted by atomic mass is 10.1. The van der Waals surface area contributed by atoms with E-state index in [4.69, 9.17) is 0 Å². The smallest absolute Gasteiger partial charge is 0.142 e. The maximum atomic E-state index is 10.0. The van der Waals surface area contributed by atoms with Gasteiger partial charge in [0.25, 0.3) is 0 Å². The highest BCUT2D eigenvalue weighted by atomic mass is 79.9. The summed E-state index contributed by atoms with van der Waals surface area (Å²) in [7, 11) is 0. The van der Waals surface area contributed by atoms with Crippen LogP contribution in [0.4, 0.5) is 0 Å². The third kappa shape index (κ3) is 2.31. The fraction of sp³-hybridized carbons (Fsp3) is 0.100. The average Bonchev–Trinajstić information content (AvgIpc) is 2.07. The molecule has 0 aliphatic rings. The van der Waals surface area contributed by atoms with Gasteiger partial charge in [-0.25, -0.2) is 0 Å². The van der Waals surface area contributed by atoms with Gasteiger partial charge in [0, 0.05) is 4.47 Å². The summed E-state index contributed by atoms with van der Waals surface area (Å²) in [6.45, 7) is 2.03. The van der Waals surface area contributed by atoms with E-state index in [1.807, 2.05) is 25.1 Å². The van der Waals surface area contributed by atoms with E-state index < -0.39 is 0 Å². The molecule has 0 aliphatic heterocycles. The summed E-state index contributed by atoms with van der Waals surface area (Å²) >= 11 is 3.42. The molecule has 0 spiro atoms. The predicted molar refractivity (Wildman–Crippen MR) is 54.0 cm³/mol. The summed E-state index contributed by atoms with van der Waals surface area (Å²) in [5.74, 6) is 0. The zero-order valence-corrected chi connectivity index (χ0v) is 8.34. The van der Waals surface area contributed by atoms with E-state index in [1.165, 1.54) is 11.6 Å². The van der Waals surface area contributed by atoms with Crippen LogP contribution in [0.2, 0.25) is 0 Å². The second kappa shape index (κ2) is 4.21. The van der Waals surface area contributed by atoms with Crippen molar-refractivity contribution in [3.63, 3.8) is 0 Å². The van der Waals surface area contributed by atoms with Crippen LogP contribution in [0.5, 0.6) is 0 Å². The molecular weight excluding hydrogens is 216 g/mol. The van der Waals surface area contributed by atoms with Crippen molar-refractivity contribution < 1.29 is 4.79 Å². The molecule has 0 fully saturated rings. The summed E-state index contributed by atoms with van der Waals surface area (Å²) in [4.78, 5) is 10.0. The first-order valence-corrected chi connectivity index (χ1v) is 4.41. The van der Waals surface area contributed by atoms with E-state index in [0.717, 1.165) is 16.3 Å². The number of carbonyl (C=O) groups excluding carboxylic acids is 1. The van der Waals surface area contributed by atoms with Gasteiger partial charge in [0.15, 0.2) is 0 Å². The molecule has 2 heteroatoms. The van der Waals surface area contributed by atoms with Crippen molar-refractivity contribution in [2.75, 3.05) is 0 Å². The lowest BCUT2D eigenvalue weighted by Crippen LogP contribution is -1.77. The van der Waals surface area contributed by atoms with Crippen molar-refractivity contribution in [1.29, 1.82) is 0 Å². The maximum Gasteiger partial charge on any atom is 0.142 e. The molecule has 0 atom stereocenters. The molecule has 0 saturated carbocycles. The normalized spacial score (nSPS) is 10.5. The molecule has 1 aromatic rings. The van der Waals surface area contributed by atoms with Crippen LogP contribution in [-0.4, -0.2) is 6.29 Å². The van der Waals surface area contributed by atoms with Crippen LogP contribution in [0.3, 0.4) is 0 Å². The highest BCUT2D eigenvalue weighted by Gasteiger charge is 1.93. The molecule has 12 heavy (non-hydrogen) atoms. The molecule has 1 aromatic carbocycles. The van der Waals surface area contributed by atoms with Crippen LogP contribution < -0.4 is 0 Å². The Bertz CT molecular complexity index is 316. The van der Waals surface area contributed by atoms with Crippen molar-refractivity contribution in [3.8, 4) is 0 Å². The zero-order chi connectivity index (χ0) is 8.97. The molecule has 0 radical (unpaired) electrons. The summed E-state index contributed by atoms with van der Waals surface area (Å²) < 4.78 is 1.07. The molecule has 0 heterocycles. The maximum absolute atomic E-state index is 10.0. The van der Waals surface area contributed by atoms with Crippen molar-refractivity contribution in [3.05, 3.63) is 39.9 Å². The molecule has 0 amide bonds. The Morgan fingerprint density at radius 2 is 2.17 bits per heavy atom. The highest BCUT2D eigenvalue weighted by molar-refractivity contribution is 9.10. The summed E-state index contributed by atoms with van der Waals surface area (Å²) in [5, 5.41) is 0. The molecule has 0 saturated heterocycles. The largest absolute Gasteiger partial charge is 0.299 e. The van der Waals surface area contributed by atoms with E-state index in [2.05, 4.69) is 15.9 Å². The van der Waals surface area contributed by atoms with Crippen LogP contribution in [0.25, 0.3) is 6.08 Å². The first-order chi connectivity index (χ1) is 5.74. The van der Waals surface area contributed by atoms with Gasteiger partial charge in [-0.05, 0) is 30.2 Å². The molecule has 0 bridgehead atoms. The number of rotatable bonds is 2. The minimum Gasteiger partial charge on any atom is -0.299 e. The molecule has 1 nitrogen and oxygen atoms in total. The van der Waals surface area contributed by atoms with Crippen LogP contribution in [-0.2, 0) is 4.79 Å². The Kier molecular flexibility index (Phi) is 3.23. The van der Waals surface area contributed by atoms with Crippen molar-refractivity contribution in [1.82, 2.24) is 0 Å². The Labute approximate surface area is 80.2 Å². The Morgan fingerprint density at radius 3 is 2.75 bits per heavy atom. The van der Waals surface area contributed by atoms with Crippen LogP contribution in [0, 0.1) is 6.92 Å². The minimum atomic E-state index is 0.772. The van der Waals surface area contributed by atoms with Gasteiger partial charge in [0.05, 0.1) is 0 Å². The van der Waals surface area contributed by atoms with Gasteiger partial charge in [-0.1, -0.05) is 34.1 Å². The number of halogens is 1.